The Balaban J connectivity index is 1.53. The van der Waals surface area contributed by atoms with Crippen molar-refractivity contribution in [1.29, 1.82) is 0 Å². The molecule has 0 spiro atoms. The van der Waals surface area contributed by atoms with Gasteiger partial charge in [-0.3, -0.25) is 19.2 Å². The number of hydrogen-bond donors (Lipinski definition) is 3. The second kappa shape index (κ2) is 9.28. The standard InChI is InChI=1S/C25H25N3O5/c1-14(29)26-17-5-7-18(8-6-17)27-25(32)20-13-23(31)28-21-11-16(12-22(30)24(20)21)15-3-9-19(33-2)10-4-15/h3-10,16,20H,11-13H2,1-2H3,(H,26,29)(H,27,32)(H,28,31). The van der Waals surface area contributed by atoms with Gasteiger partial charge in [0, 0.05) is 42.4 Å². The molecule has 0 bridgehead atoms. The summed E-state index contributed by atoms with van der Waals surface area (Å²) in [6.07, 6.45) is 0.679. The summed E-state index contributed by atoms with van der Waals surface area (Å²) in [7, 11) is 1.59. The number of amides is 3. The van der Waals surface area contributed by atoms with E-state index >= 15 is 0 Å². The van der Waals surface area contributed by atoms with Crippen LogP contribution in [-0.4, -0.2) is 30.6 Å². The summed E-state index contributed by atoms with van der Waals surface area (Å²) in [6.45, 7) is 1.41. The Kier molecular flexibility index (Phi) is 6.26. The Labute approximate surface area is 191 Å². The molecule has 4 rings (SSSR count). The van der Waals surface area contributed by atoms with Gasteiger partial charge < -0.3 is 20.7 Å². The molecular formula is C25H25N3O5. The van der Waals surface area contributed by atoms with E-state index in [0.717, 1.165) is 11.3 Å². The highest BCUT2D eigenvalue weighted by molar-refractivity contribution is 6.09. The molecule has 0 saturated carbocycles. The van der Waals surface area contributed by atoms with Crippen LogP contribution in [0.1, 0.15) is 37.7 Å². The number of benzene rings is 2. The highest BCUT2D eigenvalue weighted by Crippen LogP contribution is 2.39. The van der Waals surface area contributed by atoms with Gasteiger partial charge in [0.1, 0.15) is 5.75 Å². The van der Waals surface area contributed by atoms with Gasteiger partial charge in [0.25, 0.3) is 0 Å². The number of carbonyl (C=O) groups is 4. The van der Waals surface area contributed by atoms with Crippen LogP contribution in [0.25, 0.3) is 0 Å². The lowest BCUT2D eigenvalue weighted by atomic mass is 9.75. The number of Topliss-reactive ketones (excluding diaryl/α,β-unsaturated/α-hetero) is 1. The Hall–Kier alpha value is -3.94. The fourth-order valence-electron chi connectivity index (χ4n) is 4.37. The first kappa shape index (κ1) is 22.3. The molecular weight excluding hydrogens is 422 g/mol. The van der Waals surface area contributed by atoms with Gasteiger partial charge in [0.15, 0.2) is 5.78 Å². The summed E-state index contributed by atoms with van der Waals surface area (Å²) < 4.78 is 5.19. The average Bonchev–Trinajstić information content (AvgIpc) is 2.79. The summed E-state index contributed by atoms with van der Waals surface area (Å²) >= 11 is 0. The van der Waals surface area contributed by atoms with Crippen LogP contribution in [0, 0.1) is 5.92 Å². The predicted octanol–water partition coefficient (Wildman–Crippen LogP) is 3.13. The molecule has 2 atom stereocenters. The maximum atomic E-state index is 13.1. The Bertz CT molecular complexity index is 1140. The molecule has 1 aliphatic heterocycles. The van der Waals surface area contributed by atoms with Gasteiger partial charge in [-0.15, -0.1) is 0 Å². The van der Waals surface area contributed by atoms with E-state index in [0.29, 0.717) is 29.1 Å². The van der Waals surface area contributed by atoms with Gasteiger partial charge >= 0.3 is 0 Å². The van der Waals surface area contributed by atoms with Crippen molar-refractivity contribution >= 4 is 34.9 Å². The van der Waals surface area contributed by atoms with Gasteiger partial charge in [-0.1, -0.05) is 12.1 Å². The molecule has 8 heteroatoms. The minimum atomic E-state index is -0.840. The fraction of sp³-hybridized carbons (Fsp3) is 0.280. The number of ketones is 1. The average molecular weight is 447 g/mol. The fourth-order valence-corrected chi connectivity index (χ4v) is 4.37. The Morgan fingerprint density at radius 2 is 1.55 bits per heavy atom. The van der Waals surface area contributed by atoms with Gasteiger partial charge in [-0.2, -0.15) is 0 Å². The molecule has 1 aliphatic carbocycles. The van der Waals surface area contributed by atoms with Crippen molar-refractivity contribution in [2.24, 2.45) is 5.92 Å². The summed E-state index contributed by atoms with van der Waals surface area (Å²) in [5.74, 6) is -1.19. The zero-order valence-corrected chi connectivity index (χ0v) is 18.4. The molecule has 8 nitrogen and oxygen atoms in total. The second-order valence-corrected chi connectivity index (χ2v) is 8.25. The number of anilines is 2. The number of ether oxygens (including phenoxy) is 1. The number of allylic oxidation sites excluding steroid dienone is 1. The molecule has 170 valence electrons. The SMILES string of the molecule is COc1ccc(C2CC(=O)C3=C(C2)NC(=O)CC3C(=O)Nc2ccc(NC(C)=O)cc2)cc1. The van der Waals surface area contributed by atoms with E-state index in [9.17, 15) is 19.2 Å². The third-order valence-corrected chi connectivity index (χ3v) is 5.91. The molecule has 0 radical (unpaired) electrons. The molecule has 0 fully saturated rings. The van der Waals surface area contributed by atoms with E-state index in [-0.39, 0.29) is 36.4 Å². The molecule has 0 aromatic heterocycles. The molecule has 2 unspecified atom stereocenters. The first-order chi connectivity index (χ1) is 15.8. The van der Waals surface area contributed by atoms with Crippen molar-refractivity contribution in [1.82, 2.24) is 5.32 Å². The minimum Gasteiger partial charge on any atom is -0.497 e. The largest absolute Gasteiger partial charge is 0.497 e. The third kappa shape index (κ3) is 4.95. The van der Waals surface area contributed by atoms with Gasteiger partial charge in [0.2, 0.25) is 17.7 Å². The lowest BCUT2D eigenvalue weighted by Crippen LogP contribution is -2.43. The maximum absolute atomic E-state index is 13.1. The van der Waals surface area contributed by atoms with Gasteiger partial charge in [-0.25, -0.2) is 0 Å². The van der Waals surface area contributed by atoms with Crippen molar-refractivity contribution in [2.75, 3.05) is 17.7 Å². The summed E-state index contributed by atoms with van der Waals surface area (Å²) in [6, 6.07) is 14.2. The highest BCUT2D eigenvalue weighted by Gasteiger charge is 2.40. The van der Waals surface area contributed by atoms with E-state index in [1.807, 2.05) is 24.3 Å². The van der Waals surface area contributed by atoms with Crippen LogP contribution in [0.5, 0.6) is 5.75 Å². The lowest BCUT2D eigenvalue weighted by Gasteiger charge is -2.33. The summed E-state index contributed by atoms with van der Waals surface area (Å²) in [5, 5.41) is 8.27. The van der Waals surface area contributed by atoms with E-state index in [4.69, 9.17) is 4.74 Å². The molecule has 2 aromatic rings. The number of rotatable bonds is 5. The van der Waals surface area contributed by atoms with Crippen LogP contribution in [0.3, 0.4) is 0 Å². The zero-order chi connectivity index (χ0) is 23.5. The highest BCUT2D eigenvalue weighted by atomic mass is 16.5. The molecule has 33 heavy (non-hydrogen) atoms. The molecule has 0 saturated heterocycles. The van der Waals surface area contributed by atoms with E-state index in [1.165, 1.54) is 6.92 Å². The second-order valence-electron chi connectivity index (χ2n) is 8.25. The Morgan fingerprint density at radius 3 is 2.15 bits per heavy atom. The predicted molar refractivity (Wildman–Crippen MR) is 123 cm³/mol. The number of carbonyl (C=O) groups excluding carboxylic acids is 4. The number of nitrogens with one attached hydrogen (secondary N) is 3. The lowest BCUT2D eigenvalue weighted by molar-refractivity contribution is -0.129. The first-order valence-electron chi connectivity index (χ1n) is 10.7. The van der Waals surface area contributed by atoms with Crippen LogP contribution in [0.4, 0.5) is 11.4 Å². The minimum absolute atomic E-state index is 0.0758. The molecule has 2 aliphatic rings. The first-order valence-corrected chi connectivity index (χ1v) is 10.7. The van der Waals surface area contributed by atoms with Gasteiger partial charge in [-0.05, 0) is 54.3 Å². The van der Waals surface area contributed by atoms with Gasteiger partial charge in [0.05, 0.1) is 13.0 Å². The quantitative estimate of drug-likeness (QED) is 0.652. The van der Waals surface area contributed by atoms with Crippen molar-refractivity contribution in [2.45, 2.75) is 32.1 Å². The normalized spacial score (nSPS) is 19.9. The monoisotopic (exact) mass is 447 g/mol. The molecule has 2 aromatic carbocycles. The number of methoxy groups -OCH3 is 1. The van der Waals surface area contributed by atoms with Crippen molar-refractivity contribution in [3.63, 3.8) is 0 Å². The topological polar surface area (TPSA) is 114 Å². The Morgan fingerprint density at radius 1 is 0.909 bits per heavy atom. The van der Waals surface area contributed by atoms with E-state index in [2.05, 4.69) is 16.0 Å². The molecule has 1 heterocycles. The number of hydrogen-bond acceptors (Lipinski definition) is 5. The smallest absolute Gasteiger partial charge is 0.232 e. The van der Waals surface area contributed by atoms with Crippen LogP contribution in [0.2, 0.25) is 0 Å². The third-order valence-electron chi connectivity index (χ3n) is 5.91. The summed E-state index contributed by atoms with van der Waals surface area (Å²) in [5.41, 5.74) is 3.03. The van der Waals surface area contributed by atoms with Crippen molar-refractivity contribution in [3.8, 4) is 5.75 Å². The van der Waals surface area contributed by atoms with E-state index < -0.39 is 11.8 Å². The van der Waals surface area contributed by atoms with Crippen LogP contribution in [0.15, 0.2) is 59.8 Å². The van der Waals surface area contributed by atoms with E-state index in [1.54, 1.807) is 31.4 Å². The van der Waals surface area contributed by atoms with Crippen molar-refractivity contribution in [3.05, 3.63) is 65.4 Å². The van der Waals surface area contributed by atoms with Crippen LogP contribution >= 0.6 is 0 Å². The molecule has 3 N–H and O–H groups in total. The van der Waals surface area contributed by atoms with Crippen molar-refractivity contribution < 1.29 is 23.9 Å². The maximum Gasteiger partial charge on any atom is 0.232 e. The molecule has 3 amide bonds. The van der Waals surface area contributed by atoms with Crippen LogP contribution in [-0.2, 0) is 19.2 Å². The zero-order valence-electron chi connectivity index (χ0n) is 18.4. The summed E-state index contributed by atoms with van der Waals surface area (Å²) in [4.78, 5) is 49.7. The van der Waals surface area contributed by atoms with Crippen LogP contribution < -0.4 is 20.7 Å².